The van der Waals surface area contributed by atoms with Crippen molar-refractivity contribution in [2.75, 3.05) is 31.3 Å². The summed E-state index contributed by atoms with van der Waals surface area (Å²) < 4.78 is 1.94. The highest BCUT2D eigenvalue weighted by Gasteiger charge is 2.30. The van der Waals surface area contributed by atoms with Crippen LogP contribution in [0.2, 0.25) is 0 Å². The van der Waals surface area contributed by atoms with E-state index in [9.17, 15) is 4.79 Å². The molecule has 3 aromatic rings. The standard InChI is InChI=1S/C28H37N7O/c1-29-28-32-25(17-26(33-28)35-14-8-9-15-35)30-23(16-20-10-4-3-5-11-20)27(36)31-24-19-34(2)18-21-12-6-7-13-22(21)24/h6-9,12-15,17,20,23-24H,3-5,10-11,16,18-19H2,1-2H3,(H,31,36)(H2,29,30,32,33). The van der Waals surface area contributed by atoms with Gasteiger partial charge in [-0.25, -0.2) is 0 Å². The summed E-state index contributed by atoms with van der Waals surface area (Å²) in [4.78, 5) is 25.3. The van der Waals surface area contributed by atoms with Gasteiger partial charge in [0.25, 0.3) is 0 Å². The first-order valence-electron chi connectivity index (χ1n) is 13.1. The molecule has 0 bridgehead atoms. The van der Waals surface area contributed by atoms with Gasteiger partial charge >= 0.3 is 0 Å². The molecule has 36 heavy (non-hydrogen) atoms. The smallest absolute Gasteiger partial charge is 0.243 e. The molecule has 2 aliphatic rings. The molecular weight excluding hydrogens is 450 g/mol. The van der Waals surface area contributed by atoms with Crippen LogP contribution in [-0.2, 0) is 11.3 Å². The van der Waals surface area contributed by atoms with Gasteiger partial charge in [0.2, 0.25) is 11.9 Å². The van der Waals surface area contributed by atoms with Crippen LogP contribution in [0.3, 0.4) is 0 Å². The van der Waals surface area contributed by atoms with Crippen LogP contribution >= 0.6 is 0 Å². The van der Waals surface area contributed by atoms with Gasteiger partial charge < -0.3 is 20.5 Å². The topological polar surface area (TPSA) is 87.1 Å². The number of fused-ring (bicyclic) bond motifs is 1. The summed E-state index contributed by atoms with van der Waals surface area (Å²) in [6.07, 6.45) is 10.9. The molecule has 1 aliphatic carbocycles. The van der Waals surface area contributed by atoms with Crippen molar-refractivity contribution in [2.24, 2.45) is 5.92 Å². The maximum Gasteiger partial charge on any atom is 0.243 e. The molecule has 190 valence electrons. The quantitative estimate of drug-likeness (QED) is 0.438. The fourth-order valence-electron chi connectivity index (χ4n) is 5.59. The Morgan fingerprint density at radius 2 is 1.86 bits per heavy atom. The van der Waals surface area contributed by atoms with E-state index in [1.54, 1.807) is 0 Å². The SMILES string of the molecule is CNc1nc(NC(CC2CCCCC2)C(=O)NC2CN(C)Cc3ccccc32)cc(-n2cccc2)n1. The number of amides is 1. The second kappa shape index (κ2) is 11.1. The molecular formula is C28H37N7O. The Bertz CT molecular complexity index is 1160. The van der Waals surface area contributed by atoms with Crippen molar-refractivity contribution in [3.8, 4) is 5.82 Å². The highest BCUT2D eigenvalue weighted by atomic mass is 16.2. The van der Waals surface area contributed by atoms with Gasteiger partial charge in [0.15, 0.2) is 0 Å². The van der Waals surface area contributed by atoms with Crippen molar-refractivity contribution < 1.29 is 4.79 Å². The van der Waals surface area contributed by atoms with E-state index in [0.29, 0.717) is 17.7 Å². The van der Waals surface area contributed by atoms with Crippen molar-refractivity contribution in [1.29, 1.82) is 0 Å². The van der Waals surface area contributed by atoms with Gasteiger partial charge in [-0.2, -0.15) is 9.97 Å². The average molecular weight is 488 g/mol. The van der Waals surface area contributed by atoms with E-state index in [1.807, 2.05) is 42.2 Å². The molecule has 3 N–H and O–H groups in total. The Kier molecular flexibility index (Phi) is 7.51. The Labute approximate surface area is 213 Å². The molecule has 0 saturated heterocycles. The molecule has 3 heterocycles. The van der Waals surface area contributed by atoms with E-state index < -0.39 is 0 Å². The summed E-state index contributed by atoms with van der Waals surface area (Å²) in [5, 5.41) is 9.93. The zero-order valence-corrected chi connectivity index (χ0v) is 21.3. The van der Waals surface area contributed by atoms with Crippen LogP contribution in [0.25, 0.3) is 5.82 Å². The summed E-state index contributed by atoms with van der Waals surface area (Å²) >= 11 is 0. The Hall–Kier alpha value is -3.39. The van der Waals surface area contributed by atoms with Crippen molar-refractivity contribution in [3.05, 3.63) is 66.0 Å². The third kappa shape index (κ3) is 5.70. The number of benzene rings is 1. The highest BCUT2D eigenvalue weighted by molar-refractivity contribution is 5.85. The lowest BCUT2D eigenvalue weighted by molar-refractivity contribution is -0.123. The second-order valence-electron chi connectivity index (χ2n) is 10.2. The average Bonchev–Trinajstić information content (AvgIpc) is 3.44. The predicted octanol–water partition coefficient (Wildman–Crippen LogP) is 4.36. The Balaban J connectivity index is 1.39. The lowest BCUT2D eigenvalue weighted by Gasteiger charge is -2.34. The van der Waals surface area contributed by atoms with E-state index >= 15 is 0 Å². The molecule has 2 unspecified atom stereocenters. The molecule has 8 nitrogen and oxygen atoms in total. The normalized spacial score (nSPS) is 19.3. The number of nitrogens with zero attached hydrogens (tertiary/aromatic N) is 4. The van der Waals surface area contributed by atoms with Crippen LogP contribution in [0.5, 0.6) is 0 Å². The maximum absolute atomic E-state index is 13.8. The fraction of sp³-hybridized carbons (Fsp3) is 0.464. The van der Waals surface area contributed by atoms with Gasteiger partial charge in [-0.1, -0.05) is 56.4 Å². The maximum atomic E-state index is 13.8. The summed E-state index contributed by atoms with van der Waals surface area (Å²) in [6, 6.07) is 13.9. The monoisotopic (exact) mass is 487 g/mol. The largest absolute Gasteiger partial charge is 0.358 e. The van der Waals surface area contributed by atoms with E-state index in [2.05, 4.69) is 62.1 Å². The predicted molar refractivity (Wildman–Crippen MR) is 143 cm³/mol. The van der Waals surface area contributed by atoms with Crippen molar-refractivity contribution in [3.63, 3.8) is 0 Å². The number of hydrogen-bond acceptors (Lipinski definition) is 6. The zero-order chi connectivity index (χ0) is 24.9. The van der Waals surface area contributed by atoms with Gasteiger partial charge in [-0.3, -0.25) is 9.69 Å². The number of anilines is 2. The molecule has 1 aromatic carbocycles. The lowest BCUT2D eigenvalue weighted by atomic mass is 9.84. The minimum Gasteiger partial charge on any atom is -0.358 e. The van der Waals surface area contributed by atoms with Crippen molar-refractivity contribution >= 4 is 17.7 Å². The first-order valence-corrected chi connectivity index (χ1v) is 13.1. The van der Waals surface area contributed by atoms with Crippen LogP contribution in [0.15, 0.2) is 54.9 Å². The number of hydrogen-bond donors (Lipinski definition) is 3. The third-order valence-corrected chi connectivity index (χ3v) is 7.42. The summed E-state index contributed by atoms with van der Waals surface area (Å²) in [6.45, 7) is 1.70. The molecule has 2 aromatic heterocycles. The van der Waals surface area contributed by atoms with Gasteiger partial charge in [-0.15, -0.1) is 0 Å². The van der Waals surface area contributed by atoms with Gasteiger partial charge in [0.05, 0.1) is 6.04 Å². The fourth-order valence-corrected chi connectivity index (χ4v) is 5.59. The van der Waals surface area contributed by atoms with Gasteiger partial charge in [0.1, 0.15) is 17.7 Å². The first kappa shape index (κ1) is 24.3. The number of nitrogens with one attached hydrogen (secondary N) is 3. The van der Waals surface area contributed by atoms with Crippen LogP contribution in [-0.4, -0.2) is 52.0 Å². The zero-order valence-electron chi connectivity index (χ0n) is 21.3. The molecule has 1 saturated carbocycles. The van der Waals surface area contributed by atoms with Gasteiger partial charge in [-0.05, 0) is 42.6 Å². The van der Waals surface area contributed by atoms with E-state index in [-0.39, 0.29) is 18.0 Å². The van der Waals surface area contributed by atoms with Crippen LogP contribution < -0.4 is 16.0 Å². The minimum absolute atomic E-state index is 0.0304. The van der Waals surface area contributed by atoms with Crippen molar-refractivity contribution in [2.45, 2.75) is 57.2 Å². The number of carbonyl (C=O) groups is 1. The third-order valence-electron chi connectivity index (χ3n) is 7.42. The lowest BCUT2D eigenvalue weighted by Crippen LogP contribution is -2.46. The first-order chi connectivity index (χ1) is 17.6. The van der Waals surface area contributed by atoms with Crippen LogP contribution in [0.4, 0.5) is 11.8 Å². The number of carbonyl (C=O) groups excluding carboxylic acids is 1. The number of aromatic nitrogens is 3. The molecule has 8 heteroatoms. The highest BCUT2D eigenvalue weighted by Crippen LogP contribution is 2.30. The molecule has 1 fully saturated rings. The molecule has 1 amide bonds. The minimum atomic E-state index is -0.371. The summed E-state index contributed by atoms with van der Waals surface area (Å²) in [7, 11) is 3.91. The number of likely N-dealkylation sites (N-methyl/N-ethyl adjacent to an activating group) is 1. The van der Waals surface area contributed by atoms with E-state index in [4.69, 9.17) is 0 Å². The summed E-state index contributed by atoms with van der Waals surface area (Å²) in [5.74, 6) is 2.49. The summed E-state index contributed by atoms with van der Waals surface area (Å²) in [5.41, 5.74) is 2.49. The van der Waals surface area contributed by atoms with Crippen LogP contribution in [0, 0.1) is 5.92 Å². The molecule has 1 aliphatic heterocycles. The Morgan fingerprint density at radius 3 is 2.64 bits per heavy atom. The van der Waals surface area contributed by atoms with Crippen LogP contribution in [0.1, 0.15) is 55.7 Å². The molecule has 0 radical (unpaired) electrons. The van der Waals surface area contributed by atoms with Crippen molar-refractivity contribution in [1.82, 2.24) is 24.8 Å². The Morgan fingerprint density at radius 1 is 1.08 bits per heavy atom. The molecule has 2 atom stereocenters. The van der Waals surface area contributed by atoms with Gasteiger partial charge in [0, 0.05) is 38.6 Å². The second-order valence-corrected chi connectivity index (χ2v) is 10.2. The van der Waals surface area contributed by atoms with E-state index in [0.717, 1.165) is 25.3 Å². The molecule has 5 rings (SSSR count). The number of rotatable bonds is 8. The molecule has 0 spiro atoms. The van der Waals surface area contributed by atoms with E-state index in [1.165, 1.54) is 43.2 Å².